The van der Waals surface area contributed by atoms with E-state index in [4.69, 9.17) is 21.7 Å². The lowest BCUT2D eigenvalue weighted by Gasteiger charge is -2.15. The zero-order chi connectivity index (χ0) is 20.4. The normalized spacial score (nSPS) is 11.9. The van der Waals surface area contributed by atoms with E-state index in [2.05, 4.69) is 44.3 Å². The lowest BCUT2D eigenvalue weighted by Crippen LogP contribution is -2.14. The molecule has 2 aromatic heterocycles. The average molecular weight is 405 g/mol. The molecule has 4 aromatic rings. The summed E-state index contributed by atoms with van der Waals surface area (Å²) in [5, 5.41) is 9.94. The Balaban J connectivity index is 1.72. The van der Waals surface area contributed by atoms with Crippen LogP contribution in [0.3, 0.4) is 0 Å². The standard InChI is InChI=1S/C24H25ClN4/c1-24(2,3)21-20-14-18(16-26-15-17-10-6-4-7-11-17)22(25)27-23(20)29(28-21)19-12-8-5-9-13-19/h4-14,26H,15-16H2,1-3H3. The second-order valence-corrected chi connectivity index (χ2v) is 8.60. The van der Waals surface area contributed by atoms with Crippen LogP contribution in [0.1, 0.15) is 37.6 Å². The Morgan fingerprint density at radius 2 is 1.59 bits per heavy atom. The first kappa shape index (κ1) is 19.6. The molecular formula is C24H25ClN4. The summed E-state index contributed by atoms with van der Waals surface area (Å²) in [5.74, 6) is 0. The third kappa shape index (κ3) is 4.19. The molecule has 0 amide bonds. The van der Waals surface area contributed by atoms with Crippen molar-refractivity contribution in [3.8, 4) is 5.69 Å². The van der Waals surface area contributed by atoms with Crippen molar-refractivity contribution in [2.75, 3.05) is 0 Å². The van der Waals surface area contributed by atoms with Gasteiger partial charge in [0.15, 0.2) is 5.65 Å². The summed E-state index contributed by atoms with van der Waals surface area (Å²) >= 11 is 6.58. The van der Waals surface area contributed by atoms with Gasteiger partial charge in [-0.1, -0.05) is 80.9 Å². The lowest BCUT2D eigenvalue weighted by atomic mass is 9.90. The van der Waals surface area contributed by atoms with E-state index in [-0.39, 0.29) is 5.41 Å². The van der Waals surface area contributed by atoms with Crippen LogP contribution in [0.4, 0.5) is 0 Å². The van der Waals surface area contributed by atoms with Crippen LogP contribution in [0.15, 0.2) is 66.7 Å². The Morgan fingerprint density at radius 3 is 2.24 bits per heavy atom. The first-order chi connectivity index (χ1) is 13.9. The fourth-order valence-electron chi connectivity index (χ4n) is 3.42. The maximum Gasteiger partial charge on any atom is 0.164 e. The lowest BCUT2D eigenvalue weighted by molar-refractivity contribution is 0.565. The van der Waals surface area contributed by atoms with E-state index in [1.165, 1.54) is 5.56 Å². The number of hydrogen-bond acceptors (Lipinski definition) is 3. The highest BCUT2D eigenvalue weighted by Gasteiger charge is 2.24. The van der Waals surface area contributed by atoms with Gasteiger partial charge in [0.1, 0.15) is 5.15 Å². The van der Waals surface area contributed by atoms with Crippen LogP contribution in [-0.4, -0.2) is 14.8 Å². The van der Waals surface area contributed by atoms with Crippen LogP contribution in [-0.2, 0) is 18.5 Å². The average Bonchev–Trinajstić information content (AvgIpc) is 3.08. The van der Waals surface area contributed by atoms with Gasteiger partial charge in [-0.3, -0.25) is 0 Å². The number of rotatable bonds is 5. The molecule has 5 heteroatoms. The molecule has 4 rings (SSSR count). The molecule has 0 saturated heterocycles. The molecule has 148 valence electrons. The molecule has 4 nitrogen and oxygen atoms in total. The summed E-state index contributed by atoms with van der Waals surface area (Å²) in [5.41, 5.74) is 4.90. The highest BCUT2D eigenvalue weighted by atomic mass is 35.5. The Hall–Kier alpha value is -2.69. The third-order valence-corrected chi connectivity index (χ3v) is 5.21. The number of benzene rings is 2. The summed E-state index contributed by atoms with van der Waals surface area (Å²) < 4.78 is 1.89. The molecule has 29 heavy (non-hydrogen) atoms. The summed E-state index contributed by atoms with van der Waals surface area (Å²) in [6.07, 6.45) is 0. The quantitative estimate of drug-likeness (QED) is 0.436. The van der Waals surface area contributed by atoms with Gasteiger partial charge < -0.3 is 5.32 Å². The minimum Gasteiger partial charge on any atom is -0.309 e. The van der Waals surface area contributed by atoms with Gasteiger partial charge in [-0.2, -0.15) is 5.10 Å². The first-order valence-corrected chi connectivity index (χ1v) is 10.2. The predicted octanol–water partition coefficient (Wildman–Crippen LogP) is 5.66. The van der Waals surface area contributed by atoms with Gasteiger partial charge in [-0.15, -0.1) is 0 Å². The van der Waals surface area contributed by atoms with E-state index >= 15 is 0 Å². The van der Waals surface area contributed by atoms with Crippen LogP contribution >= 0.6 is 11.6 Å². The van der Waals surface area contributed by atoms with Crippen molar-refractivity contribution in [3.05, 3.63) is 88.7 Å². The van der Waals surface area contributed by atoms with Crippen molar-refractivity contribution < 1.29 is 0 Å². The van der Waals surface area contributed by atoms with Crippen LogP contribution in [0, 0.1) is 0 Å². The number of fused-ring (bicyclic) bond motifs is 1. The fourth-order valence-corrected chi connectivity index (χ4v) is 3.63. The molecule has 0 aliphatic rings. The number of para-hydroxylation sites is 1. The van der Waals surface area contributed by atoms with Crippen molar-refractivity contribution in [2.24, 2.45) is 0 Å². The highest BCUT2D eigenvalue weighted by molar-refractivity contribution is 6.30. The summed E-state index contributed by atoms with van der Waals surface area (Å²) in [4.78, 5) is 4.74. The maximum atomic E-state index is 6.58. The van der Waals surface area contributed by atoms with Crippen molar-refractivity contribution in [1.82, 2.24) is 20.1 Å². The van der Waals surface area contributed by atoms with Crippen molar-refractivity contribution in [1.29, 1.82) is 0 Å². The summed E-state index contributed by atoms with van der Waals surface area (Å²) in [6.45, 7) is 7.95. The molecule has 1 N–H and O–H groups in total. The van der Waals surface area contributed by atoms with Crippen LogP contribution in [0.25, 0.3) is 16.7 Å². The molecule has 0 fully saturated rings. The molecule has 0 aliphatic heterocycles. The van der Waals surface area contributed by atoms with Crippen molar-refractivity contribution >= 4 is 22.6 Å². The zero-order valence-corrected chi connectivity index (χ0v) is 17.7. The number of hydrogen-bond donors (Lipinski definition) is 1. The highest BCUT2D eigenvalue weighted by Crippen LogP contribution is 2.32. The Kier molecular flexibility index (Phi) is 5.39. The largest absolute Gasteiger partial charge is 0.309 e. The van der Waals surface area contributed by atoms with Gasteiger partial charge in [0.05, 0.1) is 11.4 Å². The molecule has 0 bridgehead atoms. The Bertz CT molecular complexity index is 1110. The monoisotopic (exact) mass is 404 g/mol. The molecule has 0 radical (unpaired) electrons. The van der Waals surface area contributed by atoms with Gasteiger partial charge in [0, 0.05) is 29.5 Å². The van der Waals surface area contributed by atoms with Gasteiger partial charge >= 0.3 is 0 Å². The van der Waals surface area contributed by atoms with E-state index in [1.807, 2.05) is 53.2 Å². The second-order valence-electron chi connectivity index (χ2n) is 8.24. The predicted molar refractivity (Wildman–Crippen MR) is 120 cm³/mol. The van der Waals surface area contributed by atoms with Crippen LogP contribution in [0.2, 0.25) is 5.15 Å². The molecule has 0 aliphatic carbocycles. The second kappa shape index (κ2) is 7.97. The molecule has 0 unspecified atom stereocenters. The van der Waals surface area contributed by atoms with Crippen molar-refractivity contribution in [2.45, 2.75) is 39.3 Å². The van der Waals surface area contributed by atoms with Crippen molar-refractivity contribution in [3.63, 3.8) is 0 Å². The molecule has 0 atom stereocenters. The zero-order valence-electron chi connectivity index (χ0n) is 17.0. The minimum absolute atomic E-state index is 0.109. The SMILES string of the molecule is CC(C)(C)c1nn(-c2ccccc2)c2nc(Cl)c(CNCc3ccccc3)cc12. The first-order valence-electron chi connectivity index (χ1n) is 9.82. The number of aromatic nitrogens is 3. The topological polar surface area (TPSA) is 42.7 Å². The molecule has 0 saturated carbocycles. The van der Waals surface area contributed by atoms with E-state index < -0.39 is 0 Å². The maximum absolute atomic E-state index is 6.58. The van der Waals surface area contributed by atoms with Crippen LogP contribution < -0.4 is 5.32 Å². The Labute approximate surface area is 176 Å². The molecule has 0 spiro atoms. The summed E-state index contributed by atoms with van der Waals surface area (Å²) in [6, 6.07) is 22.5. The number of nitrogens with zero attached hydrogens (tertiary/aromatic N) is 3. The smallest absolute Gasteiger partial charge is 0.164 e. The third-order valence-electron chi connectivity index (χ3n) is 4.88. The molecule has 2 heterocycles. The fraction of sp³-hybridized carbons (Fsp3) is 0.250. The Morgan fingerprint density at radius 1 is 0.931 bits per heavy atom. The number of nitrogens with one attached hydrogen (secondary N) is 1. The van der Waals surface area contributed by atoms with Gasteiger partial charge in [0.2, 0.25) is 0 Å². The van der Waals surface area contributed by atoms with E-state index in [0.717, 1.165) is 34.5 Å². The number of pyridine rings is 1. The van der Waals surface area contributed by atoms with E-state index in [1.54, 1.807) is 0 Å². The van der Waals surface area contributed by atoms with E-state index in [9.17, 15) is 0 Å². The van der Waals surface area contributed by atoms with Gasteiger partial charge in [-0.25, -0.2) is 9.67 Å². The van der Waals surface area contributed by atoms with Gasteiger partial charge in [0.25, 0.3) is 0 Å². The summed E-state index contributed by atoms with van der Waals surface area (Å²) in [7, 11) is 0. The number of halogens is 1. The minimum atomic E-state index is -0.109. The van der Waals surface area contributed by atoms with Gasteiger partial charge in [-0.05, 0) is 23.8 Å². The van der Waals surface area contributed by atoms with E-state index in [0.29, 0.717) is 11.7 Å². The molecular weight excluding hydrogens is 380 g/mol. The van der Waals surface area contributed by atoms with Crippen LogP contribution in [0.5, 0.6) is 0 Å². The molecule has 2 aromatic carbocycles.